The molecule has 1 heterocycles. The fourth-order valence-corrected chi connectivity index (χ4v) is 3.75. The Hall–Kier alpha value is -1.39. The number of nitrogens with one attached hydrogen (secondary N) is 1. The molecule has 5 nitrogen and oxygen atoms in total. The van der Waals surface area contributed by atoms with Crippen LogP contribution in [0.25, 0.3) is 0 Å². The van der Waals surface area contributed by atoms with E-state index in [0.717, 1.165) is 24.1 Å². The molecule has 0 spiro atoms. The highest BCUT2D eigenvalue weighted by Gasteiger charge is 2.35. The summed E-state index contributed by atoms with van der Waals surface area (Å²) in [6.07, 6.45) is 11.1. The van der Waals surface area contributed by atoms with E-state index in [0.29, 0.717) is 30.7 Å². The maximum absolute atomic E-state index is 12.1. The second-order valence-corrected chi connectivity index (χ2v) is 7.35. The Morgan fingerprint density at radius 2 is 2.00 bits per heavy atom. The highest BCUT2D eigenvalue weighted by Crippen LogP contribution is 2.43. The highest BCUT2D eigenvalue weighted by atomic mass is 16.5. The van der Waals surface area contributed by atoms with Crippen molar-refractivity contribution in [2.75, 3.05) is 0 Å². The van der Waals surface area contributed by atoms with Crippen LogP contribution in [-0.4, -0.2) is 22.1 Å². The summed E-state index contributed by atoms with van der Waals surface area (Å²) in [5.41, 5.74) is 0. The van der Waals surface area contributed by atoms with Crippen molar-refractivity contribution in [3.63, 3.8) is 0 Å². The minimum Gasteiger partial charge on any atom is -0.353 e. The van der Waals surface area contributed by atoms with Gasteiger partial charge in [0.05, 0.1) is 0 Å². The lowest BCUT2D eigenvalue weighted by atomic mass is 9.82. The van der Waals surface area contributed by atoms with E-state index in [4.69, 9.17) is 4.52 Å². The first-order valence-electron chi connectivity index (χ1n) is 8.90. The monoisotopic (exact) mass is 303 g/mol. The summed E-state index contributed by atoms with van der Waals surface area (Å²) < 4.78 is 5.22. The van der Waals surface area contributed by atoms with Crippen molar-refractivity contribution in [2.24, 2.45) is 11.8 Å². The van der Waals surface area contributed by atoms with Gasteiger partial charge in [0.1, 0.15) is 0 Å². The molecule has 1 N–H and O–H groups in total. The number of nitrogens with zero attached hydrogens (tertiary/aromatic N) is 2. The second kappa shape index (κ2) is 6.01. The maximum Gasteiger partial charge on any atom is 0.227 e. The number of amides is 1. The predicted molar refractivity (Wildman–Crippen MR) is 81.2 cm³/mol. The van der Waals surface area contributed by atoms with Crippen LogP contribution in [0, 0.1) is 11.8 Å². The van der Waals surface area contributed by atoms with Crippen molar-refractivity contribution >= 4 is 5.91 Å². The Balaban J connectivity index is 1.21. The molecule has 0 aliphatic heterocycles. The lowest BCUT2D eigenvalue weighted by Crippen LogP contribution is -2.38. The topological polar surface area (TPSA) is 68.0 Å². The summed E-state index contributed by atoms with van der Waals surface area (Å²) in [6, 6.07) is 0.386. The Kier molecular flexibility index (Phi) is 3.89. The van der Waals surface area contributed by atoms with Gasteiger partial charge in [0.15, 0.2) is 5.82 Å². The van der Waals surface area contributed by atoms with Crippen molar-refractivity contribution in [3.8, 4) is 0 Å². The Labute approximate surface area is 131 Å². The molecular formula is C17H25N3O2. The van der Waals surface area contributed by atoms with Crippen molar-refractivity contribution in [1.29, 1.82) is 0 Å². The SMILES string of the molecule is O=C(CCc1nc(C2CC2)no1)N[C@H]1CCC[C@@H](C2CC2)C1. The number of carbonyl (C=O) groups is 1. The lowest BCUT2D eigenvalue weighted by molar-refractivity contribution is -0.122. The van der Waals surface area contributed by atoms with Gasteiger partial charge in [0.2, 0.25) is 11.8 Å². The molecule has 3 fully saturated rings. The van der Waals surface area contributed by atoms with E-state index in [9.17, 15) is 4.79 Å². The van der Waals surface area contributed by atoms with Gasteiger partial charge in [-0.2, -0.15) is 4.98 Å². The molecule has 1 aromatic rings. The lowest BCUT2D eigenvalue weighted by Gasteiger charge is -2.29. The number of aromatic nitrogens is 2. The van der Waals surface area contributed by atoms with Gasteiger partial charge in [-0.05, 0) is 50.4 Å². The molecule has 4 rings (SSSR count). The van der Waals surface area contributed by atoms with E-state index in [2.05, 4.69) is 15.5 Å². The first-order valence-corrected chi connectivity index (χ1v) is 8.90. The maximum atomic E-state index is 12.1. The summed E-state index contributed by atoms with van der Waals surface area (Å²) >= 11 is 0. The quantitative estimate of drug-likeness (QED) is 0.877. The fraction of sp³-hybridized carbons (Fsp3) is 0.824. The molecule has 0 saturated heterocycles. The van der Waals surface area contributed by atoms with E-state index in [1.165, 1.54) is 44.9 Å². The molecule has 0 unspecified atom stereocenters. The summed E-state index contributed by atoms with van der Waals surface area (Å²) in [6.45, 7) is 0. The smallest absolute Gasteiger partial charge is 0.227 e. The van der Waals surface area contributed by atoms with Crippen molar-refractivity contribution in [1.82, 2.24) is 15.5 Å². The second-order valence-electron chi connectivity index (χ2n) is 7.35. The molecule has 2 atom stereocenters. The van der Waals surface area contributed by atoms with Gasteiger partial charge in [-0.15, -0.1) is 0 Å². The van der Waals surface area contributed by atoms with Crippen LogP contribution in [-0.2, 0) is 11.2 Å². The average molecular weight is 303 g/mol. The number of aryl methyl sites for hydroxylation is 1. The van der Waals surface area contributed by atoms with Gasteiger partial charge in [-0.3, -0.25) is 4.79 Å². The Morgan fingerprint density at radius 1 is 1.14 bits per heavy atom. The third kappa shape index (κ3) is 3.50. The zero-order valence-electron chi connectivity index (χ0n) is 13.1. The van der Waals surface area contributed by atoms with Crippen LogP contribution in [0.2, 0.25) is 0 Å². The van der Waals surface area contributed by atoms with Crippen LogP contribution in [0.15, 0.2) is 4.52 Å². The van der Waals surface area contributed by atoms with E-state index >= 15 is 0 Å². The van der Waals surface area contributed by atoms with Gasteiger partial charge < -0.3 is 9.84 Å². The predicted octanol–water partition coefficient (Wildman–Crippen LogP) is 2.96. The molecule has 3 saturated carbocycles. The Bertz CT molecular complexity index is 534. The summed E-state index contributed by atoms with van der Waals surface area (Å²) in [5.74, 6) is 3.89. The Morgan fingerprint density at radius 3 is 2.77 bits per heavy atom. The van der Waals surface area contributed by atoms with E-state index in [1.807, 2.05) is 0 Å². The molecule has 1 amide bonds. The molecule has 3 aliphatic rings. The molecule has 3 aliphatic carbocycles. The number of rotatable bonds is 6. The standard InChI is InChI=1S/C17H25N3O2/c21-15(8-9-16-19-17(20-22-16)12-6-7-12)18-14-3-1-2-13(10-14)11-4-5-11/h11-14H,1-10H2,(H,18,21)/t13-,14+/m1/s1. The molecule has 0 aromatic carbocycles. The van der Waals surface area contributed by atoms with Gasteiger partial charge in [-0.1, -0.05) is 18.0 Å². The van der Waals surface area contributed by atoms with Gasteiger partial charge in [0.25, 0.3) is 0 Å². The number of hydrogen-bond acceptors (Lipinski definition) is 4. The summed E-state index contributed by atoms with van der Waals surface area (Å²) in [7, 11) is 0. The van der Waals surface area contributed by atoms with Crippen LogP contribution in [0.3, 0.4) is 0 Å². The van der Waals surface area contributed by atoms with Crippen LogP contribution < -0.4 is 5.32 Å². The van der Waals surface area contributed by atoms with Crippen LogP contribution >= 0.6 is 0 Å². The van der Waals surface area contributed by atoms with Crippen molar-refractivity contribution in [2.45, 2.75) is 76.2 Å². The van der Waals surface area contributed by atoms with E-state index < -0.39 is 0 Å². The minimum absolute atomic E-state index is 0.132. The first kappa shape index (κ1) is 14.2. The third-order valence-corrected chi connectivity index (χ3v) is 5.36. The molecule has 5 heteroatoms. The zero-order chi connectivity index (χ0) is 14.9. The largest absolute Gasteiger partial charge is 0.353 e. The molecule has 22 heavy (non-hydrogen) atoms. The molecule has 1 aromatic heterocycles. The van der Waals surface area contributed by atoms with Crippen molar-refractivity contribution < 1.29 is 9.32 Å². The van der Waals surface area contributed by atoms with Gasteiger partial charge in [-0.25, -0.2) is 0 Å². The van der Waals surface area contributed by atoms with E-state index in [-0.39, 0.29) is 5.91 Å². The average Bonchev–Trinajstić information content (AvgIpc) is 3.44. The van der Waals surface area contributed by atoms with Crippen LogP contribution in [0.4, 0.5) is 0 Å². The molecule has 0 bridgehead atoms. The number of hydrogen-bond donors (Lipinski definition) is 1. The van der Waals surface area contributed by atoms with Crippen molar-refractivity contribution in [3.05, 3.63) is 11.7 Å². The zero-order valence-corrected chi connectivity index (χ0v) is 13.1. The third-order valence-electron chi connectivity index (χ3n) is 5.36. The van der Waals surface area contributed by atoms with Crippen LogP contribution in [0.5, 0.6) is 0 Å². The molecular weight excluding hydrogens is 278 g/mol. The van der Waals surface area contributed by atoms with Crippen LogP contribution in [0.1, 0.15) is 75.4 Å². The summed E-state index contributed by atoms with van der Waals surface area (Å²) in [5, 5.41) is 7.21. The first-order chi connectivity index (χ1) is 10.8. The van der Waals surface area contributed by atoms with E-state index in [1.54, 1.807) is 0 Å². The normalized spacial score (nSPS) is 28.5. The summed E-state index contributed by atoms with van der Waals surface area (Å²) in [4.78, 5) is 16.5. The minimum atomic E-state index is 0.132. The van der Waals surface area contributed by atoms with Gasteiger partial charge >= 0.3 is 0 Å². The fourth-order valence-electron chi connectivity index (χ4n) is 3.75. The molecule has 120 valence electrons. The highest BCUT2D eigenvalue weighted by molar-refractivity contribution is 5.76. The molecule has 0 radical (unpaired) electrons. The number of carbonyl (C=O) groups excluding carboxylic acids is 1. The van der Waals surface area contributed by atoms with Gasteiger partial charge in [0, 0.05) is 24.8 Å².